The molecule has 1 rings (SSSR count). The zero-order valence-corrected chi connectivity index (χ0v) is 8.91. The molecule has 0 aliphatic heterocycles. The van der Waals surface area contributed by atoms with E-state index in [9.17, 15) is 4.79 Å². The zero-order valence-electron chi connectivity index (χ0n) is 8.91. The molecule has 17 heavy (non-hydrogen) atoms. The number of aliphatic hydroxyl groups excluding tert-OH is 2. The number of hydrogen-bond donors (Lipinski definition) is 3. The van der Waals surface area contributed by atoms with Gasteiger partial charge in [-0.05, 0) is 12.8 Å². The molecule has 0 bridgehead atoms. The maximum atomic E-state index is 10.5. The molecule has 1 aromatic rings. The summed E-state index contributed by atoms with van der Waals surface area (Å²) in [4.78, 5) is 10.5. The van der Waals surface area contributed by atoms with Crippen LogP contribution in [0, 0.1) is 0 Å². The summed E-state index contributed by atoms with van der Waals surface area (Å²) in [6.45, 7) is -0.388. The van der Waals surface area contributed by atoms with Crippen molar-refractivity contribution >= 4 is 5.91 Å². The molecule has 1 aromatic heterocycles. The minimum absolute atomic E-state index is 0. The highest BCUT2D eigenvalue weighted by Crippen LogP contribution is 2.06. The monoisotopic (exact) mass is 244 g/mol. The Labute approximate surface area is 100 Å². The second-order valence-electron chi connectivity index (χ2n) is 3.53. The number of nitrogens with zero attached hydrogens (tertiary/aromatic N) is 3. The van der Waals surface area contributed by atoms with Gasteiger partial charge in [-0.3, -0.25) is 4.79 Å². The molecule has 1 heterocycles. The summed E-state index contributed by atoms with van der Waals surface area (Å²) in [5, 5.41) is 25.5. The molecular formula is C10H20N4O3. The van der Waals surface area contributed by atoms with Gasteiger partial charge in [-0.1, -0.05) is 12.6 Å². The molecule has 4 N–H and O–H groups in total. The molecule has 0 radical (unpaired) electrons. The maximum absolute atomic E-state index is 10.5. The Morgan fingerprint density at radius 3 is 2.65 bits per heavy atom. The standard InChI is InChI=1S/C9H16N4O3.CH4/c10-9(16)3-1-2-7-4-13(12-11-7)8(5-14)6-15;/h4,8,14-15H,1-3,5-6H2,(H2,10,16);1H4. The quantitative estimate of drug-likeness (QED) is 0.583. The van der Waals surface area contributed by atoms with Crippen LogP contribution in [0.1, 0.15) is 32.0 Å². The molecule has 1 amide bonds. The van der Waals surface area contributed by atoms with Gasteiger partial charge in [0.15, 0.2) is 0 Å². The Hall–Kier alpha value is -1.47. The van der Waals surface area contributed by atoms with Gasteiger partial charge in [0.25, 0.3) is 0 Å². The highest BCUT2D eigenvalue weighted by atomic mass is 16.3. The number of nitrogens with two attached hydrogens (primary N) is 1. The number of amides is 1. The summed E-state index contributed by atoms with van der Waals surface area (Å²) < 4.78 is 1.42. The Kier molecular flexibility index (Phi) is 7.08. The van der Waals surface area contributed by atoms with Gasteiger partial charge in [0.1, 0.15) is 0 Å². The van der Waals surface area contributed by atoms with Crippen molar-refractivity contribution in [2.45, 2.75) is 32.7 Å². The second-order valence-corrected chi connectivity index (χ2v) is 3.53. The SMILES string of the molecule is C.NC(=O)CCCc1cn(C(CO)CO)nn1. The average Bonchev–Trinajstić information content (AvgIpc) is 2.68. The first-order valence-corrected chi connectivity index (χ1v) is 5.08. The van der Waals surface area contributed by atoms with Crippen LogP contribution in [0.3, 0.4) is 0 Å². The topological polar surface area (TPSA) is 114 Å². The van der Waals surface area contributed by atoms with Crippen LogP contribution in [0.25, 0.3) is 0 Å². The lowest BCUT2D eigenvalue weighted by Gasteiger charge is -2.09. The highest BCUT2D eigenvalue weighted by molar-refractivity contribution is 5.73. The van der Waals surface area contributed by atoms with E-state index >= 15 is 0 Å². The van der Waals surface area contributed by atoms with Crippen LogP contribution in [0.4, 0.5) is 0 Å². The summed E-state index contributed by atoms with van der Waals surface area (Å²) in [6, 6.07) is -0.461. The van der Waals surface area contributed by atoms with Gasteiger partial charge >= 0.3 is 0 Å². The molecule has 0 unspecified atom stereocenters. The van der Waals surface area contributed by atoms with E-state index in [0.29, 0.717) is 25.0 Å². The molecule has 7 nitrogen and oxygen atoms in total. The molecule has 98 valence electrons. The highest BCUT2D eigenvalue weighted by Gasteiger charge is 2.10. The molecule has 0 saturated heterocycles. The summed E-state index contributed by atoms with van der Waals surface area (Å²) in [7, 11) is 0. The minimum atomic E-state index is -0.461. The van der Waals surface area contributed by atoms with Gasteiger partial charge < -0.3 is 15.9 Å². The van der Waals surface area contributed by atoms with E-state index in [2.05, 4.69) is 10.3 Å². The first-order chi connectivity index (χ1) is 7.67. The summed E-state index contributed by atoms with van der Waals surface area (Å²) in [6.07, 6.45) is 3.19. The van der Waals surface area contributed by atoms with E-state index in [1.807, 2.05) is 0 Å². The fourth-order valence-electron chi connectivity index (χ4n) is 1.28. The van der Waals surface area contributed by atoms with Crippen molar-refractivity contribution in [2.75, 3.05) is 13.2 Å². The number of carbonyl (C=O) groups excluding carboxylic acids is 1. The second kappa shape index (κ2) is 7.75. The normalized spacial score (nSPS) is 10.3. The lowest BCUT2D eigenvalue weighted by molar-refractivity contribution is -0.118. The van der Waals surface area contributed by atoms with Crippen molar-refractivity contribution in [1.82, 2.24) is 15.0 Å². The first-order valence-electron chi connectivity index (χ1n) is 5.08. The number of aromatic nitrogens is 3. The van der Waals surface area contributed by atoms with E-state index < -0.39 is 6.04 Å². The smallest absolute Gasteiger partial charge is 0.217 e. The number of aliphatic hydroxyl groups is 2. The number of aryl methyl sites for hydroxylation is 1. The average molecular weight is 244 g/mol. The summed E-state index contributed by atoms with van der Waals surface area (Å²) in [5.74, 6) is -0.337. The number of rotatable bonds is 7. The predicted molar refractivity (Wildman–Crippen MR) is 62.1 cm³/mol. The van der Waals surface area contributed by atoms with Crippen molar-refractivity contribution in [1.29, 1.82) is 0 Å². The molecule has 7 heteroatoms. The predicted octanol–water partition coefficient (Wildman–Crippen LogP) is -0.752. The van der Waals surface area contributed by atoms with Crippen LogP contribution in [0.5, 0.6) is 0 Å². The Morgan fingerprint density at radius 2 is 2.12 bits per heavy atom. The Morgan fingerprint density at radius 1 is 1.47 bits per heavy atom. The summed E-state index contributed by atoms with van der Waals surface area (Å²) in [5.41, 5.74) is 5.72. The molecule has 0 saturated carbocycles. The van der Waals surface area contributed by atoms with E-state index in [4.69, 9.17) is 15.9 Å². The number of carbonyl (C=O) groups is 1. The van der Waals surface area contributed by atoms with Crippen LogP contribution in [0.15, 0.2) is 6.20 Å². The van der Waals surface area contributed by atoms with Gasteiger partial charge in [0.2, 0.25) is 5.91 Å². The number of primary amides is 1. The van der Waals surface area contributed by atoms with E-state index in [1.165, 1.54) is 4.68 Å². The molecule has 0 spiro atoms. The van der Waals surface area contributed by atoms with Crippen molar-refractivity contribution in [3.63, 3.8) is 0 Å². The molecule has 0 fully saturated rings. The fraction of sp³-hybridized carbons (Fsp3) is 0.700. The van der Waals surface area contributed by atoms with E-state index in [0.717, 1.165) is 0 Å². The van der Waals surface area contributed by atoms with Crippen LogP contribution < -0.4 is 5.73 Å². The zero-order chi connectivity index (χ0) is 12.0. The summed E-state index contributed by atoms with van der Waals surface area (Å²) >= 11 is 0. The van der Waals surface area contributed by atoms with Gasteiger partial charge in [0.05, 0.1) is 24.9 Å². The van der Waals surface area contributed by atoms with Crippen molar-refractivity contribution in [3.05, 3.63) is 11.9 Å². The van der Waals surface area contributed by atoms with E-state index in [-0.39, 0.29) is 26.5 Å². The van der Waals surface area contributed by atoms with Gasteiger partial charge in [0, 0.05) is 12.6 Å². The number of hydrogen-bond acceptors (Lipinski definition) is 5. The first kappa shape index (κ1) is 15.5. The largest absolute Gasteiger partial charge is 0.394 e. The fourth-order valence-corrected chi connectivity index (χ4v) is 1.28. The lowest BCUT2D eigenvalue weighted by atomic mass is 10.2. The maximum Gasteiger partial charge on any atom is 0.217 e. The van der Waals surface area contributed by atoms with Gasteiger partial charge in [-0.15, -0.1) is 5.10 Å². The van der Waals surface area contributed by atoms with Crippen molar-refractivity contribution in [3.8, 4) is 0 Å². The van der Waals surface area contributed by atoms with E-state index in [1.54, 1.807) is 6.20 Å². The third kappa shape index (κ3) is 4.92. The van der Waals surface area contributed by atoms with Crippen LogP contribution >= 0.6 is 0 Å². The Balaban J connectivity index is 0.00000256. The van der Waals surface area contributed by atoms with Crippen LogP contribution in [-0.2, 0) is 11.2 Å². The molecule has 0 atom stereocenters. The third-order valence-corrected chi connectivity index (χ3v) is 2.21. The lowest BCUT2D eigenvalue weighted by Crippen LogP contribution is -2.17. The third-order valence-electron chi connectivity index (χ3n) is 2.21. The minimum Gasteiger partial charge on any atom is -0.394 e. The molecule has 0 aliphatic carbocycles. The molecule has 0 aromatic carbocycles. The molecule has 0 aliphatic rings. The van der Waals surface area contributed by atoms with Gasteiger partial charge in [-0.2, -0.15) is 0 Å². The van der Waals surface area contributed by atoms with Crippen LogP contribution in [0.2, 0.25) is 0 Å². The van der Waals surface area contributed by atoms with Gasteiger partial charge in [-0.25, -0.2) is 4.68 Å². The molecular weight excluding hydrogens is 224 g/mol. The van der Waals surface area contributed by atoms with Crippen molar-refractivity contribution < 1.29 is 15.0 Å². The Bertz CT molecular complexity index is 336. The van der Waals surface area contributed by atoms with Crippen molar-refractivity contribution in [2.24, 2.45) is 5.73 Å². The van der Waals surface area contributed by atoms with Crippen LogP contribution in [-0.4, -0.2) is 44.3 Å².